The Labute approximate surface area is 133 Å². The molecular weight excluding hydrogens is 330 g/mol. The lowest BCUT2D eigenvalue weighted by atomic mass is 10.1. The van der Waals surface area contributed by atoms with Crippen molar-refractivity contribution in [3.8, 4) is 5.75 Å². The molecule has 1 amide bonds. The zero-order chi connectivity index (χ0) is 15.4. The first-order valence-corrected chi connectivity index (χ1v) is 7.60. The van der Waals surface area contributed by atoms with Gasteiger partial charge in [0.25, 0.3) is 5.91 Å². The molecule has 2 rings (SSSR count). The lowest BCUT2D eigenvalue weighted by Crippen LogP contribution is -2.13. The number of carbonyl (C=O) groups excluding carboxylic acids is 1. The molecule has 2 aromatic rings. The molecule has 0 unspecified atom stereocenters. The minimum absolute atomic E-state index is 0.119. The second-order valence-corrected chi connectivity index (χ2v) is 5.91. The van der Waals surface area contributed by atoms with E-state index < -0.39 is 0 Å². The van der Waals surface area contributed by atoms with Crippen LogP contribution in [0, 0.1) is 6.92 Å². The number of halogens is 1. The first-order valence-electron chi connectivity index (χ1n) is 6.80. The molecule has 0 radical (unpaired) electrons. The van der Waals surface area contributed by atoms with Crippen molar-refractivity contribution in [3.63, 3.8) is 0 Å². The molecule has 0 spiro atoms. The number of amides is 1. The van der Waals surface area contributed by atoms with Crippen molar-refractivity contribution < 1.29 is 9.53 Å². The van der Waals surface area contributed by atoms with Gasteiger partial charge in [0.1, 0.15) is 5.75 Å². The van der Waals surface area contributed by atoms with E-state index in [2.05, 4.69) is 21.2 Å². The summed E-state index contributed by atoms with van der Waals surface area (Å²) in [5, 5.41) is 2.89. The summed E-state index contributed by atoms with van der Waals surface area (Å²) in [7, 11) is 0. The number of anilines is 1. The van der Waals surface area contributed by atoms with Crippen LogP contribution in [0.25, 0.3) is 0 Å². The molecule has 0 aliphatic rings. The third-order valence-corrected chi connectivity index (χ3v) is 3.86. The van der Waals surface area contributed by atoms with Crippen molar-refractivity contribution in [1.29, 1.82) is 0 Å². The van der Waals surface area contributed by atoms with Crippen molar-refractivity contribution in [2.75, 3.05) is 5.32 Å². The number of nitrogens with one attached hydrogen (secondary N) is 1. The van der Waals surface area contributed by atoms with E-state index in [1.54, 1.807) is 0 Å². The SMILES string of the molecule is Cc1c(Br)cccc1C(=O)Nc1ccc(OC(C)C)cc1. The van der Waals surface area contributed by atoms with Gasteiger partial charge in [-0.2, -0.15) is 0 Å². The Morgan fingerprint density at radius 3 is 2.43 bits per heavy atom. The summed E-state index contributed by atoms with van der Waals surface area (Å²) in [5.41, 5.74) is 2.33. The van der Waals surface area contributed by atoms with E-state index in [1.165, 1.54) is 0 Å². The summed E-state index contributed by atoms with van der Waals surface area (Å²) in [6.45, 7) is 5.87. The molecule has 0 aliphatic carbocycles. The van der Waals surface area contributed by atoms with Gasteiger partial charge in [0, 0.05) is 15.7 Å². The first-order chi connectivity index (χ1) is 9.97. The maximum absolute atomic E-state index is 12.3. The van der Waals surface area contributed by atoms with Crippen LogP contribution in [0.2, 0.25) is 0 Å². The number of hydrogen-bond acceptors (Lipinski definition) is 2. The number of ether oxygens (including phenoxy) is 1. The highest BCUT2D eigenvalue weighted by molar-refractivity contribution is 9.10. The van der Waals surface area contributed by atoms with Crippen molar-refractivity contribution in [2.45, 2.75) is 26.9 Å². The Hall–Kier alpha value is -1.81. The van der Waals surface area contributed by atoms with E-state index in [-0.39, 0.29) is 12.0 Å². The summed E-state index contributed by atoms with van der Waals surface area (Å²) in [5.74, 6) is 0.674. The van der Waals surface area contributed by atoms with Gasteiger partial charge in [0.2, 0.25) is 0 Å². The molecule has 0 saturated carbocycles. The van der Waals surface area contributed by atoms with Crippen molar-refractivity contribution in [3.05, 3.63) is 58.1 Å². The topological polar surface area (TPSA) is 38.3 Å². The molecule has 0 fully saturated rings. The zero-order valence-electron chi connectivity index (χ0n) is 12.3. The summed E-state index contributed by atoms with van der Waals surface area (Å²) >= 11 is 3.44. The number of carbonyl (C=O) groups is 1. The predicted molar refractivity (Wildman–Crippen MR) is 89.0 cm³/mol. The van der Waals surface area contributed by atoms with Crippen LogP contribution in [0.4, 0.5) is 5.69 Å². The summed E-state index contributed by atoms with van der Waals surface area (Å²) in [4.78, 5) is 12.3. The standard InChI is InChI=1S/C17H18BrNO2/c1-11(2)21-14-9-7-13(8-10-14)19-17(20)15-5-4-6-16(18)12(15)3/h4-11H,1-3H3,(H,19,20). The average Bonchev–Trinajstić information content (AvgIpc) is 2.43. The molecule has 3 nitrogen and oxygen atoms in total. The van der Waals surface area contributed by atoms with Crippen molar-refractivity contribution in [1.82, 2.24) is 0 Å². The highest BCUT2D eigenvalue weighted by atomic mass is 79.9. The van der Waals surface area contributed by atoms with E-state index in [0.29, 0.717) is 5.56 Å². The largest absolute Gasteiger partial charge is 0.491 e. The van der Waals surface area contributed by atoms with Gasteiger partial charge in [-0.3, -0.25) is 4.79 Å². The lowest BCUT2D eigenvalue weighted by molar-refractivity contribution is 0.102. The Balaban J connectivity index is 2.11. The van der Waals surface area contributed by atoms with Crippen LogP contribution in [0.1, 0.15) is 29.8 Å². The van der Waals surface area contributed by atoms with Gasteiger partial charge in [-0.25, -0.2) is 0 Å². The Kier molecular flexibility index (Phi) is 5.02. The highest BCUT2D eigenvalue weighted by Gasteiger charge is 2.11. The molecule has 2 aromatic carbocycles. The number of benzene rings is 2. The lowest BCUT2D eigenvalue weighted by Gasteiger charge is -2.11. The zero-order valence-corrected chi connectivity index (χ0v) is 13.9. The van der Waals surface area contributed by atoms with Gasteiger partial charge in [0.05, 0.1) is 6.10 Å². The normalized spacial score (nSPS) is 10.5. The van der Waals surface area contributed by atoms with E-state index in [1.807, 2.05) is 63.2 Å². The third-order valence-electron chi connectivity index (χ3n) is 3.00. The Morgan fingerprint density at radius 2 is 1.81 bits per heavy atom. The van der Waals surface area contributed by atoms with Gasteiger partial charge < -0.3 is 10.1 Å². The Bertz CT molecular complexity index is 636. The molecular formula is C17H18BrNO2. The van der Waals surface area contributed by atoms with Gasteiger partial charge in [-0.05, 0) is 62.7 Å². The van der Waals surface area contributed by atoms with Crippen LogP contribution < -0.4 is 10.1 Å². The predicted octanol–water partition coefficient (Wildman–Crippen LogP) is 4.80. The van der Waals surface area contributed by atoms with Crippen LogP contribution in [-0.4, -0.2) is 12.0 Å². The second kappa shape index (κ2) is 6.76. The monoisotopic (exact) mass is 347 g/mol. The van der Waals surface area contributed by atoms with Gasteiger partial charge in [-0.1, -0.05) is 22.0 Å². The molecule has 0 atom stereocenters. The Morgan fingerprint density at radius 1 is 1.14 bits per heavy atom. The van der Waals surface area contributed by atoms with Crippen LogP contribution in [0.5, 0.6) is 5.75 Å². The van der Waals surface area contributed by atoms with Gasteiger partial charge in [0.15, 0.2) is 0 Å². The highest BCUT2D eigenvalue weighted by Crippen LogP contribution is 2.21. The average molecular weight is 348 g/mol. The minimum atomic E-state index is -0.119. The number of rotatable bonds is 4. The van der Waals surface area contributed by atoms with Crippen LogP contribution >= 0.6 is 15.9 Å². The van der Waals surface area contributed by atoms with Crippen LogP contribution in [-0.2, 0) is 0 Å². The molecule has 0 aliphatic heterocycles. The third kappa shape index (κ3) is 4.08. The smallest absolute Gasteiger partial charge is 0.255 e. The fourth-order valence-electron chi connectivity index (χ4n) is 1.94. The van der Waals surface area contributed by atoms with E-state index in [9.17, 15) is 4.79 Å². The molecule has 1 N–H and O–H groups in total. The molecule has 110 valence electrons. The maximum Gasteiger partial charge on any atom is 0.255 e. The van der Waals surface area contributed by atoms with Gasteiger partial charge >= 0.3 is 0 Å². The van der Waals surface area contributed by atoms with Gasteiger partial charge in [-0.15, -0.1) is 0 Å². The van der Waals surface area contributed by atoms with Crippen molar-refractivity contribution >= 4 is 27.5 Å². The minimum Gasteiger partial charge on any atom is -0.491 e. The van der Waals surface area contributed by atoms with E-state index in [0.717, 1.165) is 21.5 Å². The molecule has 0 heterocycles. The summed E-state index contributed by atoms with van der Waals surface area (Å²) in [6, 6.07) is 13.0. The molecule has 0 aromatic heterocycles. The second-order valence-electron chi connectivity index (χ2n) is 5.06. The van der Waals surface area contributed by atoms with Crippen LogP contribution in [0.3, 0.4) is 0 Å². The molecule has 21 heavy (non-hydrogen) atoms. The molecule has 0 bridgehead atoms. The van der Waals surface area contributed by atoms with Crippen LogP contribution in [0.15, 0.2) is 46.9 Å². The molecule has 4 heteroatoms. The van der Waals surface area contributed by atoms with E-state index >= 15 is 0 Å². The fraction of sp³-hybridized carbons (Fsp3) is 0.235. The maximum atomic E-state index is 12.3. The fourth-order valence-corrected chi connectivity index (χ4v) is 2.31. The summed E-state index contributed by atoms with van der Waals surface area (Å²) in [6.07, 6.45) is 0.134. The molecule has 0 saturated heterocycles. The quantitative estimate of drug-likeness (QED) is 0.862. The summed E-state index contributed by atoms with van der Waals surface area (Å²) < 4.78 is 6.50. The number of hydrogen-bond donors (Lipinski definition) is 1. The first kappa shape index (κ1) is 15.6. The van der Waals surface area contributed by atoms with E-state index in [4.69, 9.17) is 4.74 Å². The van der Waals surface area contributed by atoms with Crippen molar-refractivity contribution in [2.24, 2.45) is 0 Å².